The minimum absolute atomic E-state index is 0.0701. The topological polar surface area (TPSA) is 35.6 Å². The van der Waals surface area contributed by atoms with Crippen LogP contribution in [0, 0.1) is 0 Å². The lowest BCUT2D eigenvalue weighted by Crippen LogP contribution is -2.48. The summed E-state index contributed by atoms with van der Waals surface area (Å²) in [5.41, 5.74) is 3.52. The third-order valence-corrected chi connectivity index (χ3v) is 4.73. The van der Waals surface area contributed by atoms with Gasteiger partial charge in [-0.2, -0.15) is 0 Å². The molecule has 0 saturated carbocycles. The van der Waals surface area contributed by atoms with E-state index in [9.17, 15) is 4.79 Å². The van der Waals surface area contributed by atoms with Crippen LogP contribution in [-0.2, 0) is 17.8 Å². The number of anilines is 1. The average Bonchev–Trinajstić information content (AvgIpc) is 2.65. The Kier molecular flexibility index (Phi) is 6.20. The highest BCUT2D eigenvalue weighted by Gasteiger charge is 2.19. The molecule has 4 heteroatoms. The highest BCUT2D eigenvalue weighted by atomic mass is 16.2. The molecule has 1 N–H and O–H groups in total. The normalized spacial score (nSPS) is 15.9. The molecular weight excluding hydrogens is 310 g/mol. The van der Waals surface area contributed by atoms with Crippen LogP contribution in [0.5, 0.6) is 0 Å². The number of hydrogen-bond donors (Lipinski definition) is 1. The zero-order chi connectivity index (χ0) is 17.5. The largest absolute Gasteiger partial charge is 0.325 e. The van der Waals surface area contributed by atoms with Crippen LogP contribution >= 0.6 is 0 Å². The first kappa shape index (κ1) is 17.6. The molecule has 0 aliphatic carbocycles. The van der Waals surface area contributed by atoms with Gasteiger partial charge in [-0.3, -0.25) is 14.6 Å². The van der Waals surface area contributed by atoms with Crippen LogP contribution < -0.4 is 5.32 Å². The van der Waals surface area contributed by atoms with Crippen LogP contribution in [0.3, 0.4) is 0 Å². The summed E-state index contributed by atoms with van der Waals surface area (Å²) in [7, 11) is 0. The standard InChI is InChI=1S/C21H27N3O/c1-2-18-8-10-20(11-9-18)22-21(25)17-24-14-12-23(13-15-24)16-19-6-4-3-5-7-19/h3-11H,2,12-17H2,1H3,(H,22,25). The molecule has 1 heterocycles. The summed E-state index contributed by atoms with van der Waals surface area (Å²) < 4.78 is 0. The SMILES string of the molecule is CCc1ccc(NC(=O)CN2CCN(Cc3ccccc3)CC2)cc1. The summed E-state index contributed by atoms with van der Waals surface area (Å²) >= 11 is 0. The van der Waals surface area contributed by atoms with Gasteiger partial charge in [0.1, 0.15) is 0 Å². The van der Waals surface area contributed by atoms with E-state index in [2.05, 4.69) is 64.5 Å². The summed E-state index contributed by atoms with van der Waals surface area (Å²) in [4.78, 5) is 16.9. The lowest BCUT2D eigenvalue weighted by molar-refractivity contribution is -0.117. The van der Waals surface area contributed by atoms with Crippen LogP contribution in [-0.4, -0.2) is 48.4 Å². The highest BCUT2D eigenvalue weighted by Crippen LogP contribution is 2.11. The van der Waals surface area contributed by atoms with Crippen LogP contribution in [0.15, 0.2) is 54.6 Å². The van der Waals surface area contributed by atoms with E-state index >= 15 is 0 Å². The molecule has 25 heavy (non-hydrogen) atoms. The van der Waals surface area contributed by atoms with E-state index in [-0.39, 0.29) is 5.91 Å². The van der Waals surface area contributed by atoms with Crippen molar-refractivity contribution in [3.63, 3.8) is 0 Å². The molecule has 132 valence electrons. The number of rotatable bonds is 6. The van der Waals surface area contributed by atoms with Gasteiger partial charge in [-0.15, -0.1) is 0 Å². The maximum absolute atomic E-state index is 12.2. The fraction of sp³-hybridized carbons (Fsp3) is 0.381. The smallest absolute Gasteiger partial charge is 0.238 e. The first-order valence-electron chi connectivity index (χ1n) is 9.10. The Hall–Kier alpha value is -2.17. The number of piperazine rings is 1. The van der Waals surface area contributed by atoms with Gasteiger partial charge >= 0.3 is 0 Å². The number of hydrogen-bond acceptors (Lipinski definition) is 3. The maximum Gasteiger partial charge on any atom is 0.238 e. The molecule has 1 aliphatic rings. The molecule has 2 aromatic carbocycles. The molecule has 0 atom stereocenters. The van der Waals surface area contributed by atoms with Crippen LogP contribution in [0.4, 0.5) is 5.69 Å². The Labute approximate surface area is 150 Å². The maximum atomic E-state index is 12.2. The van der Waals surface area contributed by atoms with Gasteiger partial charge in [0.2, 0.25) is 5.91 Å². The van der Waals surface area contributed by atoms with Gasteiger partial charge in [0.15, 0.2) is 0 Å². The molecule has 0 spiro atoms. The number of nitrogens with one attached hydrogen (secondary N) is 1. The van der Waals surface area contributed by atoms with Crippen molar-refractivity contribution in [3.8, 4) is 0 Å². The minimum atomic E-state index is 0.0701. The molecule has 0 radical (unpaired) electrons. The highest BCUT2D eigenvalue weighted by molar-refractivity contribution is 5.92. The van der Waals surface area contributed by atoms with E-state index in [1.54, 1.807) is 0 Å². The Bertz CT molecular complexity index is 661. The van der Waals surface area contributed by atoms with E-state index in [1.807, 2.05) is 12.1 Å². The minimum Gasteiger partial charge on any atom is -0.325 e. The van der Waals surface area contributed by atoms with Gasteiger partial charge in [0.25, 0.3) is 0 Å². The van der Waals surface area contributed by atoms with Crippen molar-refractivity contribution in [3.05, 3.63) is 65.7 Å². The zero-order valence-corrected chi connectivity index (χ0v) is 14.9. The molecule has 0 aromatic heterocycles. The number of nitrogens with zero attached hydrogens (tertiary/aromatic N) is 2. The second-order valence-electron chi connectivity index (χ2n) is 6.64. The van der Waals surface area contributed by atoms with Crippen molar-refractivity contribution in [2.75, 3.05) is 38.0 Å². The Balaban J connectivity index is 1.41. The van der Waals surface area contributed by atoms with Crippen molar-refractivity contribution in [1.29, 1.82) is 0 Å². The molecule has 3 rings (SSSR count). The number of benzene rings is 2. The van der Waals surface area contributed by atoms with Gasteiger partial charge < -0.3 is 5.32 Å². The molecule has 1 fully saturated rings. The second kappa shape index (κ2) is 8.79. The zero-order valence-electron chi connectivity index (χ0n) is 14.9. The first-order valence-corrected chi connectivity index (χ1v) is 9.10. The van der Waals surface area contributed by atoms with E-state index < -0.39 is 0 Å². The molecule has 4 nitrogen and oxygen atoms in total. The van der Waals surface area contributed by atoms with E-state index in [0.29, 0.717) is 6.54 Å². The summed E-state index contributed by atoms with van der Waals surface area (Å²) in [6.45, 7) is 7.48. The number of amides is 1. The van der Waals surface area contributed by atoms with Crippen LogP contribution in [0.25, 0.3) is 0 Å². The predicted octanol–water partition coefficient (Wildman–Crippen LogP) is 3.01. The Morgan fingerprint density at radius 3 is 2.16 bits per heavy atom. The molecular formula is C21H27N3O. The molecule has 1 amide bonds. The summed E-state index contributed by atoms with van der Waals surface area (Å²) in [6.07, 6.45) is 1.02. The van der Waals surface area contributed by atoms with Crippen molar-refractivity contribution < 1.29 is 4.79 Å². The molecule has 0 bridgehead atoms. The van der Waals surface area contributed by atoms with Gasteiger partial charge in [-0.1, -0.05) is 49.4 Å². The predicted molar refractivity (Wildman–Crippen MR) is 103 cm³/mol. The quantitative estimate of drug-likeness (QED) is 0.880. The van der Waals surface area contributed by atoms with Crippen molar-refractivity contribution in [2.24, 2.45) is 0 Å². The fourth-order valence-electron chi connectivity index (χ4n) is 3.17. The lowest BCUT2D eigenvalue weighted by Gasteiger charge is -2.34. The fourth-order valence-corrected chi connectivity index (χ4v) is 3.17. The van der Waals surface area contributed by atoms with E-state index in [1.165, 1.54) is 11.1 Å². The number of aryl methyl sites for hydroxylation is 1. The van der Waals surface area contributed by atoms with Gasteiger partial charge in [0, 0.05) is 38.4 Å². The molecule has 1 aliphatic heterocycles. The summed E-state index contributed by atoms with van der Waals surface area (Å²) in [5.74, 6) is 0.0701. The van der Waals surface area contributed by atoms with Gasteiger partial charge in [-0.05, 0) is 29.7 Å². The monoisotopic (exact) mass is 337 g/mol. The first-order chi connectivity index (χ1) is 12.2. The molecule has 2 aromatic rings. The third kappa shape index (κ3) is 5.41. The number of carbonyl (C=O) groups excluding carboxylic acids is 1. The van der Waals surface area contributed by atoms with Gasteiger partial charge in [-0.25, -0.2) is 0 Å². The molecule has 1 saturated heterocycles. The van der Waals surface area contributed by atoms with Crippen molar-refractivity contribution in [2.45, 2.75) is 19.9 Å². The second-order valence-corrected chi connectivity index (χ2v) is 6.64. The number of carbonyl (C=O) groups is 1. The Morgan fingerprint density at radius 2 is 1.52 bits per heavy atom. The third-order valence-electron chi connectivity index (χ3n) is 4.73. The lowest BCUT2D eigenvalue weighted by atomic mass is 10.1. The summed E-state index contributed by atoms with van der Waals surface area (Å²) in [6, 6.07) is 18.7. The van der Waals surface area contributed by atoms with Crippen LogP contribution in [0.1, 0.15) is 18.1 Å². The van der Waals surface area contributed by atoms with Crippen molar-refractivity contribution in [1.82, 2.24) is 9.80 Å². The van der Waals surface area contributed by atoms with Crippen molar-refractivity contribution >= 4 is 11.6 Å². The average molecular weight is 337 g/mol. The van der Waals surface area contributed by atoms with Gasteiger partial charge in [0.05, 0.1) is 6.54 Å². The summed E-state index contributed by atoms with van der Waals surface area (Å²) in [5, 5.41) is 3.00. The van der Waals surface area contributed by atoms with E-state index in [0.717, 1.165) is 44.8 Å². The Morgan fingerprint density at radius 1 is 0.880 bits per heavy atom. The van der Waals surface area contributed by atoms with E-state index in [4.69, 9.17) is 0 Å². The van der Waals surface area contributed by atoms with Crippen LogP contribution in [0.2, 0.25) is 0 Å². The molecule has 0 unspecified atom stereocenters.